The first-order valence-corrected chi connectivity index (χ1v) is 12.7. The zero-order valence-corrected chi connectivity index (χ0v) is 20.6. The smallest absolute Gasteiger partial charge is 0.219 e. The van der Waals surface area contributed by atoms with E-state index in [4.69, 9.17) is 0 Å². The quantitative estimate of drug-likeness (QED) is 0.549. The van der Waals surface area contributed by atoms with Gasteiger partial charge in [-0.25, -0.2) is 8.42 Å². The summed E-state index contributed by atoms with van der Waals surface area (Å²) in [5.41, 5.74) is 2.39. The van der Waals surface area contributed by atoms with Gasteiger partial charge in [0.1, 0.15) is 15.7 Å². The Morgan fingerprint density at radius 2 is 1.67 bits per heavy atom. The van der Waals surface area contributed by atoms with E-state index in [0.717, 1.165) is 16.0 Å². The molecule has 0 N–H and O–H groups in total. The van der Waals surface area contributed by atoms with Crippen molar-refractivity contribution in [2.45, 2.75) is 71.7 Å². The van der Waals surface area contributed by atoms with Crippen LogP contribution in [-0.2, 0) is 26.0 Å². The van der Waals surface area contributed by atoms with Gasteiger partial charge >= 0.3 is 0 Å². The van der Waals surface area contributed by atoms with Gasteiger partial charge in [-0.2, -0.15) is 0 Å². The highest BCUT2D eigenvalue weighted by Crippen LogP contribution is 2.36. The van der Waals surface area contributed by atoms with Crippen LogP contribution >= 0.6 is 11.3 Å². The van der Waals surface area contributed by atoms with Crippen LogP contribution in [0.15, 0.2) is 34.5 Å². The Morgan fingerprint density at radius 1 is 1.10 bits per heavy atom. The average Bonchev–Trinajstić information content (AvgIpc) is 3.10. The van der Waals surface area contributed by atoms with E-state index < -0.39 is 15.6 Å². The van der Waals surface area contributed by atoms with Gasteiger partial charge in [0.25, 0.3) is 0 Å². The fraction of sp³-hybridized carbons (Fsp3) is 0.478. The first-order chi connectivity index (χ1) is 14.0. The molecule has 1 amide bonds. The second kappa shape index (κ2) is 11.4. The van der Waals surface area contributed by atoms with Crippen LogP contribution in [0.1, 0.15) is 58.4 Å². The molecule has 5 nitrogen and oxygen atoms in total. The molecule has 1 heterocycles. The minimum absolute atomic E-state index is 0.0153. The number of aryl methyl sites for hydroxylation is 1. The fourth-order valence-electron chi connectivity index (χ4n) is 2.95. The molecule has 0 unspecified atom stereocenters. The number of carbonyl (C=O) groups excluding carboxylic acids is 2. The predicted octanol–water partition coefficient (Wildman–Crippen LogP) is 5.26. The minimum atomic E-state index is -3.67. The number of ketones is 1. The zero-order valence-electron chi connectivity index (χ0n) is 19.0. The Bertz CT molecular complexity index is 958. The molecule has 0 saturated heterocycles. The highest BCUT2D eigenvalue weighted by atomic mass is 32.2. The molecule has 0 aliphatic heterocycles. The number of hydrogen-bond donors (Lipinski definition) is 0. The summed E-state index contributed by atoms with van der Waals surface area (Å²) >= 11 is 1.20. The van der Waals surface area contributed by atoms with E-state index >= 15 is 0 Å². The van der Waals surface area contributed by atoms with Crippen molar-refractivity contribution in [1.29, 1.82) is 0 Å². The van der Waals surface area contributed by atoms with Crippen molar-refractivity contribution in [3.63, 3.8) is 0 Å². The number of Topliss-reactive ketones (excluding diaryl/α,β-unsaturated/α-hetero) is 1. The van der Waals surface area contributed by atoms with Crippen LogP contribution in [0.4, 0.5) is 0 Å². The van der Waals surface area contributed by atoms with Crippen molar-refractivity contribution < 1.29 is 18.0 Å². The molecule has 166 valence electrons. The van der Waals surface area contributed by atoms with Gasteiger partial charge in [0, 0.05) is 36.4 Å². The molecule has 0 saturated carbocycles. The molecule has 7 heteroatoms. The van der Waals surface area contributed by atoms with Gasteiger partial charge in [0.15, 0.2) is 9.84 Å². The average molecular weight is 452 g/mol. The molecule has 0 spiro atoms. The lowest BCUT2D eigenvalue weighted by molar-refractivity contribution is -0.131. The van der Waals surface area contributed by atoms with E-state index in [0.29, 0.717) is 12.1 Å². The SMILES string of the molecule is CC.CCC(=O)CS(=O)(=O)c1sc(C)cc1-c1ccc(CN(C(C)=O)C(C)C)cc1. The van der Waals surface area contributed by atoms with Crippen LogP contribution in [0, 0.1) is 6.92 Å². The Morgan fingerprint density at radius 3 is 2.13 bits per heavy atom. The zero-order chi connectivity index (χ0) is 23.1. The third kappa shape index (κ3) is 6.77. The van der Waals surface area contributed by atoms with Gasteiger partial charge in [-0.3, -0.25) is 9.59 Å². The Kier molecular flexibility index (Phi) is 9.91. The lowest BCUT2D eigenvalue weighted by Crippen LogP contribution is -2.34. The lowest BCUT2D eigenvalue weighted by atomic mass is 10.1. The van der Waals surface area contributed by atoms with Crippen molar-refractivity contribution >= 4 is 32.9 Å². The molecule has 0 fully saturated rings. The van der Waals surface area contributed by atoms with Crippen LogP contribution in [0.5, 0.6) is 0 Å². The van der Waals surface area contributed by atoms with E-state index in [2.05, 4.69) is 0 Å². The van der Waals surface area contributed by atoms with Crippen molar-refractivity contribution in [3.05, 3.63) is 40.8 Å². The number of benzene rings is 1. The molecule has 0 bridgehead atoms. The summed E-state index contributed by atoms with van der Waals surface area (Å²) in [7, 11) is -3.67. The summed E-state index contributed by atoms with van der Waals surface area (Å²) in [6.45, 7) is 13.5. The Balaban J connectivity index is 0.00000218. The van der Waals surface area contributed by atoms with Crippen molar-refractivity contribution in [3.8, 4) is 11.1 Å². The topological polar surface area (TPSA) is 71.5 Å². The molecular weight excluding hydrogens is 418 g/mol. The monoisotopic (exact) mass is 451 g/mol. The van der Waals surface area contributed by atoms with E-state index in [1.165, 1.54) is 11.3 Å². The molecule has 0 aliphatic rings. The lowest BCUT2D eigenvalue weighted by Gasteiger charge is -2.25. The Hall–Kier alpha value is -1.99. The Labute approximate surface area is 185 Å². The number of nitrogens with zero attached hydrogens (tertiary/aromatic N) is 1. The summed E-state index contributed by atoms with van der Waals surface area (Å²) in [6.07, 6.45) is 0.204. The normalized spacial score (nSPS) is 11.1. The van der Waals surface area contributed by atoms with Crippen LogP contribution < -0.4 is 0 Å². The van der Waals surface area contributed by atoms with Crippen LogP contribution in [0.25, 0.3) is 11.1 Å². The number of amides is 1. The van der Waals surface area contributed by atoms with Crippen LogP contribution in [0.3, 0.4) is 0 Å². The fourth-order valence-corrected chi connectivity index (χ4v) is 6.05. The molecule has 0 atom stereocenters. The maximum absolute atomic E-state index is 12.7. The third-order valence-electron chi connectivity index (χ3n) is 4.49. The number of sulfone groups is 1. The number of thiophene rings is 1. The van der Waals surface area contributed by atoms with E-state index in [9.17, 15) is 18.0 Å². The highest BCUT2D eigenvalue weighted by Gasteiger charge is 2.25. The second-order valence-corrected chi connectivity index (χ2v) is 10.6. The predicted molar refractivity (Wildman–Crippen MR) is 125 cm³/mol. The van der Waals surface area contributed by atoms with E-state index in [1.54, 1.807) is 18.7 Å². The maximum atomic E-state index is 12.7. The minimum Gasteiger partial charge on any atom is -0.336 e. The van der Waals surface area contributed by atoms with Gasteiger partial charge < -0.3 is 4.90 Å². The van der Waals surface area contributed by atoms with E-state index in [1.807, 2.05) is 65.0 Å². The molecule has 1 aromatic carbocycles. The molecule has 30 heavy (non-hydrogen) atoms. The third-order valence-corrected chi connectivity index (χ3v) is 7.84. The molecule has 1 aromatic heterocycles. The number of rotatable bonds is 8. The summed E-state index contributed by atoms with van der Waals surface area (Å²) in [6, 6.07) is 9.51. The molecule has 0 aliphatic carbocycles. The molecular formula is C23H33NO4S2. The van der Waals surface area contributed by atoms with Crippen LogP contribution in [-0.4, -0.2) is 36.8 Å². The summed E-state index contributed by atoms with van der Waals surface area (Å²) in [5.74, 6) is -0.733. The first kappa shape index (κ1) is 26.0. The first-order valence-electron chi connectivity index (χ1n) is 10.3. The maximum Gasteiger partial charge on any atom is 0.219 e. The number of hydrogen-bond acceptors (Lipinski definition) is 5. The van der Waals surface area contributed by atoms with Gasteiger partial charge in [0.05, 0.1) is 0 Å². The molecule has 2 aromatic rings. The van der Waals surface area contributed by atoms with Crippen molar-refractivity contribution in [1.82, 2.24) is 4.90 Å². The molecule has 2 rings (SSSR count). The second-order valence-electron chi connectivity index (χ2n) is 7.15. The standard InChI is InChI=1S/C21H27NO4S2.C2H6/c1-6-19(24)13-28(25,26)21-20(11-15(4)27-21)18-9-7-17(8-10-18)12-22(14(2)3)16(5)23;1-2/h7-11,14H,6,12-13H2,1-5H3;1-2H3. The van der Waals surface area contributed by atoms with E-state index in [-0.39, 0.29) is 28.4 Å². The highest BCUT2D eigenvalue weighted by molar-refractivity contribution is 7.94. The summed E-state index contributed by atoms with van der Waals surface area (Å²) in [5, 5.41) is 0. The van der Waals surface area contributed by atoms with Gasteiger partial charge in [-0.1, -0.05) is 45.0 Å². The number of carbonyl (C=O) groups is 2. The summed E-state index contributed by atoms with van der Waals surface area (Å²) in [4.78, 5) is 26.1. The van der Waals surface area contributed by atoms with Gasteiger partial charge in [0.2, 0.25) is 5.91 Å². The summed E-state index contributed by atoms with van der Waals surface area (Å²) < 4.78 is 25.7. The van der Waals surface area contributed by atoms with Crippen LogP contribution in [0.2, 0.25) is 0 Å². The largest absolute Gasteiger partial charge is 0.336 e. The van der Waals surface area contributed by atoms with Gasteiger partial charge in [-0.05, 0) is 38.0 Å². The van der Waals surface area contributed by atoms with Gasteiger partial charge in [-0.15, -0.1) is 11.3 Å². The molecule has 0 radical (unpaired) electrons. The van der Waals surface area contributed by atoms with Crippen molar-refractivity contribution in [2.24, 2.45) is 0 Å². The van der Waals surface area contributed by atoms with Crippen molar-refractivity contribution in [2.75, 3.05) is 5.75 Å².